The maximum Gasteiger partial charge on any atom is 0.354 e. The monoisotopic (exact) mass is 282 g/mol. The molecule has 0 aromatic carbocycles. The fraction of sp³-hybridized carbons (Fsp3) is 0.462. The van der Waals surface area contributed by atoms with Gasteiger partial charge in [0.1, 0.15) is 6.10 Å². The molecule has 1 amide bonds. The Labute approximate surface area is 116 Å². The van der Waals surface area contributed by atoms with Crippen LogP contribution in [0.5, 0.6) is 0 Å². The SMILES string of the molecule is CC(=O)NCCC(O)C(O)c1cnc(C(=O)O)c(C)c1. The van der Waals surface area contributed by atoms with Crippen molar-refractivity contribution in [1.82, 2.24) is 10.3 Å². The molecular formula is C13H18N2O5. The molecule has 0 saturated carbocycles. The van der Waals surface area contributed by atoms with Crippen LogP contribution in [0.25, 0.3) is 0 Å². The van der Waals surface area contributed by atoms with Gasteiger partial charge in [0, 0.05) is 25.2 Å². The molecule has 0 aliphatic carbocycles. The van der Waals surface area contributed by atoms with Crippen molar-refractivity contribution in [3.63, 3.8) is 0 Å². The van der Waals surface area contributed by atoms with Gasteiger partial charge in [0.2, 0.25) is 5.91 Å². The Kier molecular flexibility index (Phi) is 5.60. The first-order valence-corrected chi connectivity index (χ1v) is 6.13. The second-order valence-corrected chi connectivity index (χ2v) is 4.52. The summed E-state index contributed by atoms with van der Waals surface area (Å²) in [5, 5.41) is 31.1. The van der Waals surface area contributed by atoms with E-state index in [2.05, 4.69) is 10.3 Å². The van der Waals surface area contributed by atoms with Crippen LogP contribution < -0.4 is 5.32 Å². The molecule has 0 fully saturated rings. The number of aromatic carboxylic acids is 1. The van der Waals surface area contributed by atoms with E-state index >= 15 is 0 Å². The highest BCUT2D eigenvalue weighted by molar-refractivity contribution is 5.86. The molecule has 4 N–H and O–H groups in total. The van der Waals surface area contributed by atoms with Gasteiger partial charge in [0.15, 0.2) is 5.69 Å². The van der Waals surface area contributed by atoms with Gasteiger partial charge in [-0.2, -0.15) is 0 Å². The van der Waals surface area contributed by atoms with Gasteiger partial charge in [-0.3, -0.25) is 4.79 Å². The predicted octanol–water partition coefficient (Wildman–Crippen LogP) is 0.00872. The highest BCUT2D eigenvalue weighted by Crippen LogP contribution is 2.20. The number of aliphatic hydroxyl groups excluding tert-OH is 2. The van der Waals surface area contributed by atoms with Crippen molar-refractivity contribution < 1.29 is 24.9 Å². The summed E-state index contributed by atoms with van der Waals surface area (Å²) in [6.07, 6.45) is -0.847. The van der Waals surface area contributed by atoms with Crippen LogP contribution in [0, 0.1) is 6.92 Å². The molecule has 20 heavy (non-hydrogen) atoms. The summed E-state index contributed by atoms with van der Waals surface area (Å²) in [6.45, 7) is 3.17. The Balaban J connectivity index is 2.71. The van der Waals surface area contributed by atoms with Crippen LogP contribution in [0.3, 0.4) is 0 Å². The Bertz CT molecular complexity index is 504. The third-order valence-electron chi connectivity index (χ3n) is 2.82. The Morgan fingerprint density at radius 3 is 2.55 bits per heavy atom. The number of aryl methyl sites for hydroxylation is 1. The van der Waals surface area contributed by atoms with Gasteiger partial charge < -0.3 is 20.6 Å². The lowest BCUT2D eigenvalue weighted by atomic mass is 10.0. The maximum atomic E-state index is 10.8. The third-order valence-corrected chi connectivity index (χ3v) is 2.82. The highest BCUT2D eigenvalue weighted by atomic mass is 16.4. The topological polar surface area (TPSA) is 120 Å². The Hall–Kier alpha value is -1.99. The molecule has 2 unspecified atom stereocenters. The van der Waals surface area contributed by atoms with Crippen LogP contribution in [0.15, 0.2) is 12.3 Å². The molecular weight excluding hydrogens is 264 g/mol. The summed E-state index contributed by atoms with van der Waals surface area (Å²) in [5.74, 6) is -1.36. The van der Waals surface area contributed by atoms with Crippen LogP contribution in [-0.2, 0) is 4.79 Å². The van der Waals surface area contributed by atoms with Gasteiger partial charge in [-0.1, -0.05) is 0 Å². The average Bonchev–Trinajstić information content (AvgIpc) is 2.36. The van der Waals surface area contributed by atoms with Crippen molar-refractivity contribution in [2.45, 2.75) is 32.5 Å². The van der Waals surface area contributed by atoms with Gasteiger partial charge in [0.25, 0.3) is 0 Å². The van der Waals surface area contributed by atoms with Crippen LogP contribution >= 0.6 is 0 Å². The number of carbonyl (C=O) groups is 2. The molecule has 1 rings (SSSR count). The van der Waals surface area contributed by atoms with Crippen molar-refractivity contribution in [1.29, 1.82) is 0 Å². The minimum absolute atomic E-state index is 0.0892. The fourth-order valence-electron chi connectivity index (χ4n) is 1.76. The van der Waals surface area contributed by atoms with E-state index in [4.69, 9.17) is 5.11 Å². The van der Waals surface area contributed by atoms with E-state index in [1.54, 1.807) is 6.92 Å². The van der Waals surface area contributed by atoms with Crippen LogP contribution in [0.1, 0.15) is 41.1 Å². The second-order valence-electron chi connectivity index (χ2n) is 4.52. The molecule has 0 aliphatic heterocycles. The third kappa shape index (κ3) is 4.29. The molecule has 7 nitrogen and oxygen atoms in total. The minimum atomic E-state index is -1.18. The first-order valence-electron chi connectivity index (χ1n) is 6.13. The van der Waals surface area contributed by atoms with E-state index in [0.29, 0.717) is 11.1 Å². The maximum absolute atomic E-state index is 10.8. The number of carbonyl (C=O) groups excluding carboxylic acids is 1. The number of carboxylic acids is 1. The molecule has 2 atom stereocenters. The first kappa shape index (κ1) is 16.1. The number of carboxylic acid groups (broad SMARTS) is 1. The van der Waals surface area contributed by atoms with Crippen LogP contribution in [-0.4, -0.2) is 44.8 Å². The van der Waals surface area contributed by atoms with Gasteiger partial charge in [-0.25, -0.2) is 9.78 Å². The smallest absolute Gasteiger partial charge is 0.354 e. The Morgan fingerprint density at radius 2 is 2.05 bits per heavy atom. The zero-order valence-electron chi connectivity index (χ0n) is 11.3. The lowest BCUT2D eigenvalue weighted by Crippen LogP contribution is -2.27. The molecule has 0 saturated heterocycles. The lowest BCUT2D eigenvalue weighted by Gasteiger charge is -2.18. The summed E-state index contributed by atoms with van der Waals surface area (Å²) < 4.78 is 0. The van der Waals surface area contributed by atoms with Crippen molar-refractivity contribution in [3.05, 3.63) is 29.1 Å². The summed E-state index contributed by atoms with van der Waals surface area (Å²) >= 11 is 0. The van der Waals surface area contributed by atoms with E-state index in [-0.39, 0.29) is 24.6 Å². The number of nitrogens with one attached hydrogen (secondary N) is 1. The van der Waals surface area contributed by atoms with Gasteiger partial charge in [-0.15, -0.1) is 0 Å². The molecule has 1 aromatic rings. The number of aromatic nitrogens is 1. The number of rotatable bonds is 6. The van der Waals surface area contributed by atoms with Crippen LogP contribution in [0.4, 0.5) is 0 Å². The second kappa shape index (κ2) is 6.97. The normalized spacial score (nSPS) is 13.6. The van der Waals surface area contributed by atoms with Gasteiger partial charge in [0.05, 0.1) is 6.10 Å². The summed E-state index contributed by atoms with van der Waals surface area (Å²) in [4.78, 5) is 25.3. The summed E-state index contributed by atoms with van der Waals surface area (Å²) in [6, 6.07) is 1.47. The number of hydrogen-bond acceptors (Lipinski definition) is 5. The highest BCUT2D eigenvalue weighted by Gasteiger charge is 2.20. The quantitative estimate of drug-likeness (QED) is 0.583. The molecule has 1 heterocycles. The standard InChI is InChI=1S/C13H18N2O5/c1-7-5-9(6-15-11(7)13(19)20)12(18)10(17)3-4-14-8(2)16/h5-6,10,12,17-18H,3-4H2,1-2H3,(H,14,16)(H,19,20). The molecule has 110 valence electrons. The van der Waals surface area contributed by atoms with Crippen LogP contribution in [0.2, 0.25) is 0 Å². The fourth-order valence-corrected chi connectivity index (χ4v) is 1.76. The molecule has 0 aliphatic rings. The zero-order valence-corrected chi connectivity index (χ0v) is 11.3. The predicted molar refractivity (Wildman–Crippen MR) is 70.2 cm³/mol. The molecule has 0 spiro atoms. The van der Waals surface area contributed by atoms with Crippen molar-refractivity contribution >= 4 is 11.9 Å². The minimum Gasteiger partial charge on any atom is -0.477 e. The number of amides is 1. The van der Waals surface area contributed by atoms with Gasteiger partial charge in [-0.05, 0) is 25.0 Å². The summed E-state index contributed by atoms with van der Waals surface area (Å²) in [7, 11) is 0. The Morgan fingerprint density at radius 1 is 1.40 bits per heavy atom. The van der Waals surface area contributed by atoms with Crippen molar-refractivity contribution in [2.24, 2.45) is 0 Å². The van der Waals surface area contributed by atoms with E-state index < -0.39 is 18.2 Å². The zero-order chi connectivity index (χ0) is 15.3. The number of nitrogens with zero attached hydrogens (tertiary/aromatic N) is 1. The number of hydrogen-bond donors (Lipinski definition) is 4. The van der Waals surface area contributed by atoms with Crippen molar-refractivity contribution in [2.75, 3.05) is 6.54 Å². The molecule has 7 heteroatoms. The number of aliphatic hydroxyl groups is 2. The van der Waals surface area contributed by atoms with E-state index in [0.717, 1.165) is 0 Å². The van der Waals surface area contributed by atoms with Crippen molar-refractivity contribution in [3.8, 4) is 0 Å². The van der Waals surface area contributed by atoms with E-state index in [1.165, 1.54) is 19.2 Å². The van der Waals surface area contributed by atoms with E-state index in [9.17, 15) is 19.8 Å². The molecule has 1 aromatic heterocycles. The van der Waals surface area contributed by atoms with E-state index in [1.807, 2.05) is 0 Å². The number of pyridine rings is 1. The largest absolute Gasteiger partial charge is 0.477 e. The lowest BCUT2D eigenvalue weighted by molar-refractivity contribution is -0.119. The first-order chi connectivity index (χ1) is 9.32. The van der Waals surface area contributed by atoms with Gasteiger partial charge >= 0.3 is 5.97 Å². The molecule has 0 radical (unpaired) electrons. The summed E-state index contributed by atoms with van der Waals surface area (Å²) in [5.41, 5.74) is 0.652. The molecule has 0 bridgehead atoms. The average molecular weight is 282 g/mol.